The Morgan fingerprint density at radius 1 is 0.886 bits per heavy atom. The second kappa shape index (κ2) is 10.0. The lowest BCUT2D eigenvalue weighted by molar-refractivity contribution is -0.338. The van der Waals surface area contributed by atoms with Crippen LogP contribution in [0.5, 0.6) is 0 Å². The van der Waals surface area contributed by atoms with E-state index in [4.69, 9.17) is 11.6 Å². The third-order valence-electron chi connectivity index (χ3n) is 6.01. The molecule has 35 heavy (non-hydrogen) atoms. The van der Waals surface area contributed by atoms with Gasteiger partial charge in [-0.15, -0.1) is 12.4 Å². The number of benzene rings is 2. The highest BCUT2D eigenvalue weighted by Crippen LogP contribution is 2.49. The van der Waals surface area contributed by atoms with Crippen LogP contribution in [0.1, 0.15) is 18.0 Å². The van der Waals surface area contributed by atoms with Crippen molar-refractivity contribution < 1.29 is 31.4 Å². The normalized spacial score (nSPS) is 19.4. The summed E-state index contributed by atoms with van der Waals surface area (Å²) < 4.78 is 81.3. The van der Waals surface area contributed by atoms with Gasteiger partial charge in [0.25, 0.3) is 5.60 Å². The lowest BCUT2D eigenvalue weighted by atomic mass is 9.90. The standard InChI is InChI=1S/C22H21ClF6N4O.ClH/c23-17-4-2-1-3-16(17)18-13-19(20(34,21(24,25)26)22(27,28)29)31-33(18)15-7-5-14(6-8-15)32-11-9-30-10-12-32;/h1-8,18,30,34H,9-13H2;1H. The highest BCUT2D eigenvalue weighted by Gasteiger charge is 2.74. The molecule has 0 radical (unpaired) electrons. The number of nitrogens with one attached hydrogen (secondary N) is 1. The minimum absolute atomic E-state index is 0. The number of rotatable bonds is 4. The molecule has 5 nitrogen and oxygen atoms in total. The summed E-state index contributed by atoms with van der Waals surface area (Å²) in [6, 6.07) is 11.7. The Hall–Kier alpha value is -2.21. The number of aliphatic hydroxyl groups is 1. The van der Waals surface area contributed by atoms with E-state index in [-0.39, 0.29) is 23.1 Å². The maximum atomic E-state index is 13.5. The summed E-state index contributed by atoms with van der Waals surface area (Å²) in [6.45, 7) is 3.11. The van der Waals surface area contributed by atoms with E-state index in [1.807, 2.05) is 0 Å². The average Bonchev–Trinajstić information content (AvgIpc) is 3.23. The van der Waals surface area contributed by atoms with Gasteiger partial charge in [0.05, 0.1) is 17.4 Å². The van der Waals surface area contributed by atoms with Crippen molar-refractivity contribution in [3.05, 3.63) is 59.1 Å². The minimum Gasteiger partial charge on any atom is -0.369 e. The summed E-state index contributed by atoms with van der Waals surface area (Å²) in [5.41, 5.74) is -5.10. The zero-order valence-electron chi connectivity index (χ0n) is 18.1. The molecule has 0 saturated carbocycles. The molecule has 1 unspecified atom stereocenters. The molecule has 1 atom stereocenters. The number of hydrogen-bond donors (Lipinski definition) is 2. The Morgan fingerprint density at radius 3 is 1.97 bits per heavy atom. The van der Waals surface area contributed by atoms with Crippen LogP contribution in [0.4, 0.5) is 37.7 Å². The summed E-state index contributed by atoms with van der Waals surface area (Å²) in [6.07, 6.45) is -12.9. The number of halogens is 8. The molecule has 2 N–H and O–H groups in total. The molecule has 2 aliphatic heterocycles. The van der Waals surface area contributed by atoms with E-state index >= 15 is 0 Å². The first-order valence-electron chi connectivity index (χ1n) is 10.5. The first-order chi connectivity index (χ1) is 15.9. The maximum absolute atomic E-state index is 13.5. The van der Waals surface area contributed by atoms with Gasteiger partial charge in [-0.3, -0.25) is 5.01 Å². The predicted molar refractivity (Wildman–Crippen MR) is 125 cm³/mol. The van der Waals surface area contributed by atoms with Gasteiger partial charge in [-0.05, 0) is 35.9 Å². The topological polar surface area (TPSA) is 51.1 Å². The van der Waals surface area contributed by atoms with Gasteiger partial charge >= 0.3 is 12.4 Å². The van der Waals surface area contributed by atoms with Crippen LogP contribution < -0.4 is 15.2 Å². The molecule has 1 fully saturated rings. The monoisotopic (exact) mass is 542 g/mol. The number of hydrazone groups is 1. The fourth-order valence-corrected chi connectivity index (χ4v) is 4.44. The SMILES string of the molecule is Cl.OC(C1=NN(c2ccc(N3CCNCC3)cc2)C(c2ccccc2Cl)C1)(C(F)(F)F)C(F)(F)F. The highest BCUT2D eigenvalue weighted by atomic mass is 35.5. The summed E-state index contributed by atoms with van der Waals surface area (Å²) in [4.78, 5) is 2.11. The molecule has 2 aliphatic rings. The Kier molecular flexibility index (Phi) is 7.85. The van der Waals surface area contributed by atoms with E-state index in [0.29, 0.717) is 5.56 Å². The smallest absolute Gasteiger partial charge is 0.369 e. The van der Waals surface area contributed by atoms with Crippen LogP contribution >= 0.6 is 24.0 Å². The van der Waals surface area contributed by atoms with Crippen molar-refractivity contribution in [3.8, 4) is 0 Å². The average molecular weight is 543 g/mol. The van der Waals surface area contributed by atoms with E-state index in [9.17, 15) is 31.4 Å². The number of anilines is 2. The molecule has 0 spiro atoms. The van der Waals surface area contributed by atoms with Gasteiger partial charge in [0.2, 0.25) is 0 Å². The van der Waals surface area contributed by atoms with E-state index in [1.54, 1.807) is 36.4 Å². The second-order valence-electron chi connectivity index (χ2n) is 8.09. The molecule has 2 aromatic rings. The third-order valence-corrected chi connectivity index (χ3v) is 6.35. The predicted octanol–water partition coefficient (Wildman–Crippen LogP) is 5.33. The molecule has 0 aromatic heterocycles. The van der Waals surface area contributed by atoms with Gasteiger partial charge in [0.1, 0.15) is 0 Å². The Morgan fingerprint density at radius 2 is 1.43 bits per heavy atom. The molecule has 192 valence electrons. The van der Waals surface area contributed by atoms with Gasteiger partial charge in [-0.2, -0.15) is 31.4 Å². The zero-order chi connectivity index (χ0) is 24.7. The molecule has 13 heteroatoms. The lowest BCUT2D eigenvalue weighted by Gasteiger charge is -2.32. The van der Waals surface area contributed by atoms with Crippen molar-refractivity contribution in [3.63, 3.8) is 0 Å². The van der Waals surface area contributed by atoms with Crippen LogP contribution in [0.2, 0.25) is 5.02 Å². The number of hydrogen-bond acceptors (Lipinski definition) is 5. The largest absolute Gasteiger partial charge is 0.431 e. The Labute approximate surface area is 208 Å². The quantitative estimate of drug-likeness (QED) is 0.512. The molecular weight excluding hydrogens is 521 g/mol. The molecule has 1 saturated heterocycles. The van der Waals surface area contributed by atoms with Gasteiger partial charge in [-0.1, -0.05) is 29.8 Å². The molecule has 2 heterocycles. The molecule has 2 aromatic carbocycles. The molecular formula is C22H22Cl2F6N4O. The summed E-state index contributed by atoms with van der Waals surface area (Å²) in [7, 11) is 0. The van der Waals surface area contributed by atoms with Crippen LogP contribution in [0, 0.1) is 0 Å². The van der Waals surface area contributed by atoms with Crippen LogP contribution in [0.15, 0.2) is 53.6 Å². The lowest BCUT2D eigenvalue weighted by Crippen LogP contribution is -2.62. The van der Waals surface area contributed by atoms with Crippen LogP contribution in [0.3, 0.4) is 0 Å². The summed E-state index contributed by atoms with van der Waals surface area (Å²) in [5.74, 6) is 0. The van der Waals surface area contributed by atoms with Gasteiger partial charge in [0, 0.05) is 43.3 Å². The third kappa shape index (κ3) is 5.04. The molecule has 0 bridgehead atoms. The fourth-order valence-electron chi connectivity index (χ4n) is 4.18. The molecule has 0 amide bonds. The van der Waals surface area contributed by atoms with E-state index in [1.165, 1.54) is 12.1 Å². The first kappa shape index (κ1) is 27.4. The maximum Gasteiger partial charge on any atom is 0.431 e. The van der Waals surface area contributed by atoms with Gasteiger partial charge < -0.3 is 15.3 Å². The fraction of sp³-hybridized carbons (Fsp3) is 0.409. The summed E-state index contributed by atoms with van der Waals surface area (Å²) in [5, 5.41) is 18.1. The summed E-state index contributed by atoms with van der Waals surface area (Å²) >= 11 is 6.23. The van der Waals surface area contributed by atoms with Crippen LogP contribution in [-0.4, -0.2) is 55.0 Å². The minimum atomic E-state index is -6.02. The van der Waals surface area contributed by atoms with E-state index in [0.717, 1.165) is 36.9 Å². The Balaban J connectivity index is 0.00000342. The van der Waals surface area contributed by atoms with Crippen molar-refractivity contribution in [1.82, 2.24) is 5.32 Å². The van der Waals surface area contributed by atoms with E-state index in [2.05, 4.69) is 15.3 Å². The van der Waals surface area contributed by atoms with Crippen molar-refractivity contribution in [2.75, 3.05) is 36.1 Å². The van der Waals surface area contributed by atoms with Gasteiger partial charge in [-0.25, -0.2) is 0 Å². The van der Waals surface area contributed by atoms with Crippen LogP contribution in [0.25, 0.3) is 0 Å². The number of nitrogens with zero attached hydrogens (tertiary/aromatic N) is 3. The molecule has 4 rings (SSSR count). The van der Waals surface area contributed by atoms with Crippen molar-refractivity contribution in [1.29, 1.82) is 0 Å². The molecule has 0 aliphatic carbocycles. The number of alkyl halides is 6. The van der Waals surface area contributed by atoms with Crippen molar-refractivity contribution in [2.45, 2.75) is 30.4 Å². The van der Waals surface area contributed by atoms with Gasteiger partial charge in [0.15, 0.2) is 0 Å². The zero-order valence-corrected chi connectivity index (χ0v) is 19.6. The van der Waals surface area contributed by atoms with Crippen LogP contribution in [-0.2, 0) is 0 Å². The number of piperazine rings is 1. The first-order valence-corrected chi connectivity index (χ1v) is 10.8. The van der Waals surface area contributed by atoms with Crippen molar-refractivity contribution in [2.24, 2.45) is 5.10 Å². The van der Waals surface area contributed by atoms with E-state index < -0.39 is 36.1 Å². The Bertz CT molecular complexity index is 1040. The van der Waals surface area contributed by atoms with Crippen molar-refractivity contribution >= 4 is 41.1 Å². The highest BCUT2D eigenvalue weighted by molar-refractivity contribution is 6.31. The second-order valence-corrected chi connectivity index (χ2v) is 8.50.